The molecule has 0 aliphatic carbocycles. The highest BCUT2D eigenvalue weighted by Crippen LogP contribution is 2.43. The fraction of sp³-hybridized carbons (Fsp3) is 0.729. The third kappa shape index (κ3) is 34.4. The molecule has 0 fully saturated rings. The van der Waals surface area contributed by atoms with E-state index in [1.165, 1.54) is 82.6 Å². The molecule has 1 unspecified atom stereocenters. The fourth-order valence-corrected chi connectivity index (χ4v) is 7.58. The molecule has 0 heterocycles. The molecule has 0 aliphatic heterocycles. The number of nitrogens with zero attached hydrogens (tertiary/aromatic N) is 4. The van der Waals surface area contributed by atoms with Gasteiger partial charge in [-0.25, -0.2) is 19.8 Å². The van der Waals surface area contributed by atoms with Crippen LogP contribution < -0.4 is 16.0 Å². The Hall–Kier alpha value is -3.94. The van der Waals surface area contributed by atoms with Crippen LogP contribution in [0.15, 0.2) is 36.5 Å². The van der Waals surface area contributed by atoms with Crippen molar-refractivity contribution in [3.8, 4) is 0 Å². The standard InChI is InChI=1S/C48H86N7O12P/c1-41(50-39-54(63)47(59)33-31-45(57)51-40-53(62)42(2)56)26-32-46(58)52(61)35-23-20-22-34-49-48(60)44-29-27-43(28-30-44)25-21-18-16-14-12-10-8-6-7-9-11-13-15-17-19-24-37-66-68(64,65)67-38-36-55(3,4)5/h27-30,50,61-63H,1,6-26,31-40H2,2-5H3,(H2-,49,51,57,60,64,65)/p+1. The smallest absolute Gasteiger partial charge is 0.370 e. The Bertz CT molecular complexity index is 1650. The lowest BCUT2D eigenvalue weighted by molar-refractivity contribution is -0.870. The van der Waals surface area contributed by atoms with Crippen molar-refractivity contribution in [2.24, 2.45) is 0 Å². The zero-order chi connectivity index (χ0) is 50.6. The van der Waals surface area contributed by atoms with Crippen LogP contribution in [0.3, 0.4) is 0 Å². The highest BCUT2D eigenvalue weighted by molar-refractivity contribution is 7.47. The molecule has 1 rings (SSSR count). The lowest BCUT2D eigenvalue weighted by Crippen LogP contribution is -2.39. The lowest BCUT2D eigenvalue weighted by atomic mass is 10.0. The second-order valence-corrected chi connectivity index (χ2v) is 19.9. The molecule has 19 nitrogen and oxygen atoms in total. The van der Waals surface area contributed by atoms with E-state index in [1.807, 2.05) is 45.4 Å². The average molecular weight is 985 g/mol. The zero-order valence-corrected chi connectivity index (χ0v) is 42.6. The summed E-state index contributed by atoms with van der Waals surface area (Å²) in [4.78, 5) is 69.5. The number of hydrogen-bond acceptors (Lipinski definition) is 12. The Labute approximate surface area is 406 Å². The third-order valence-corrected chi connectivity index (χ3v) is 12.2. The molecule has 0 bridgehead atoms. The number of nitrogens with one attached hydrogen (secondary N) is 3. The fourth-order valence-electron chi connectivity index (χ4n) is 6.83. The minimum Gasteiger partial charge on any atom is -0.370 e. The molecule has 390 valence electrons. The maximum Gasteiger partial charge on any atom is 0.472 e. The van der Waals surface area contributed by atoms with Crippen LogP contribution in [0.5, 0.6) is 0 Å². The minimum absolute atomic E-state index is 0.0548. The molecule has 0 aromatic heterocycles. The van der Waals surface area contributed by atoms with Gasteiger partial charge in [0, 0.05) is 50.5 Å². The Morgan fingerprint density at radius 1 is 0.603 bits per heavy atom. The first kappa shape index (κ1) is 62.1. The van der Waals surface area contributed by atoms with Crippen LogP contribution >= 0.6 is 7.82 Å². The predicted molar refractivity (Wildman–Crippen MR) is 260 cm³/mol. The second-order valence-electron chi connectivity index (χ2n) is 18.5. The number of allylic oxidation sites excluding steroid dienone is 1. The summed E-state index contributed by atoms with van der Waals surface area (Å²) in [5.41, 5.74) is 2.19. The van der Waals surface area contributed by atoms with Gasteiger partial charge in [-0.3, -0.25) is 48.6 Å². The van der Waals surface area contributed by atoms with Gasteiger partial charge in [0.25, 0.3) is 5.91 Å². The normalized spacial score (nSPS) is 12.2. The minimum atomic E-state index is -3.94. The van der Waals surface area contributed by atoms with Crippen molar-refractivity contribution in [1.29, 1.82) is 0 Å². The molecule has 0 spiro atoms. The van der Waals surface area contributed by atoms with Crippen molar-refractivity contribution >= 4 is 37.4 Å². The maximum absolute atomic E-state index is 12.6. The van der Waals surface area contributed by atoms with Crippen LogP contribution in [-0.4, -0.2) is 137 Å². The SMILES string of the molecule is C=C(CCC(=O)N(O)CCCCCNC(=O)c1ccc(CCCCCCCCCCCCCCCCCCOP(=O)(O)OCC[N+](C)(C)C)cc1)NCN(O)C(=O)CCC(=O)NCN(O)C(C)=O. The molecule has 0 aliphatic rings. The van der Waals surface area contributed by atoms with E-state index in [-0.39, 0.29) is 58.0 Å². The van der Waals surface area contributed by atoms with E-state index in [1.54, 1.807) is 0 Å². The highest BCUT2D eigenvalue weighted by Gasteiger charge is 2.22. The van der Waals surface area contributed by atoms with Crippen molar-refractivity contribution in [2.75, 3.05) is 67.3 Å². The summed E-state index contributed by atoms with van der Waals surface area (Å²) < 4.78 is 22.7. The Morgan fingerprint density at radius 3 is 1.65 bits per heavy atom. The van der Waals surface area contributed by atoms with Crippen molar-refractivity contribution in [3.63, 3.8) is 0 Å². The number of carbonyl (C=O) groups is 5. The van der Waals surface area contributed by atoms with Gasteiger partial charge in [0.15, 0.2) is 0 Å². The molecular formula is C48H87N7O12P+. The molecule has 7 N–H and O–H groups in total. The van der Waals surface area contributed by atoms with Gasteiger partial charge in [-0.2, -0.15) is 0 Å². The number of phosphoric acid groups is 1. The van der Waals surface area contributed by atoms with Gasteiger partial charge >= 0.3 is 7.82 Å². The summed E-state index contributed by atoms with van der Waals surface area (Å²) in [5, 5.41) is 38.5. The van der Waals surface area contributed by atoms with Crippen LogP contribution in [0.1, 0.15) is 171 Å². The van der Waals surface area contributed by atoms with Gasteiger partial charge in [-0.15, -0.1) is 0 Å². The molecule has 5 amide bonds. The van der Waals surface area contributed by atoms with Crippen molar-refractivity contribution in [2.45, 2.75) is 161 Å². The Kier molecular flexibility index (Phi) is 33.7. The molecule has 1 aromatic carbocycles. The quantitative estimate of drug-likeness (QED) is 0.00835. The second kappa shape index (κ2) is 37.0. The number of amides is 5. The summed E-state index contributed by atoms with van der Waals surface area (Å²) in [6.07, 6.45) is 21.7. The molecule has 1 atom stereocenters. The number of benzene rings is 1. The van der Waals surface area contributed by atoms with Gasteiger partial charge in [0.05, 0.1) is 27.7 Å². The first-order valence-electron chi connectivity index (χ1n) is 24.7. The van der Waals surface area contributed by atoms with Gasteiger partial charge < -0.3 is 25.3 Å². The van der Waals surface area contributed by atoms with Crippen LogP contribution in [0.2, 0.25) is 0 Å². The summed E-state index contributed by atoms with van der Waals surface area (Å²) in [5.74, 6) is -2.67. The van der Waals surface area contributed by atoms with E-state index < -0.39 is 38.1 Å². The number of rotatable bonds is 42. The number of unbranched alkanes of at least 4 members (excludes halogenated alkanes) is 17. The number of quaternary nitrogens is 1. The monoisotopic (exact) mass is 985 g/mol. The first-order valence-corrected chi connectivity index (χ1v) is 26.2. The van der Waals surface area contributed by atoms with Crippen LogP contribution in [0.25, 0.3) is 0 Å². The van der Waals surface area contributed by atoms with Gasteiger partial charge in [0.2, 0.25) is 23.6 Å². The average Bonchev–Trinajstić information content (AvgIpc) is 3.29. The van der Waals surface area contributed by atoms with Crippen molar-refractivity contribution in [3.05, 3.63) is 47.7 Å². The first-order chi connectivity index (χ1) is 32.3. The maximum atomic E-state index is 12.6. The number of aryl methyl sites for hydroxylation is 1. The molecule has 0 radical (unpaired) electrons. The molecule has 68 heavy (non-hydrogen) atoms. The molecule has 20 heteroatoms. The van der Waals surface area contributed by atoms with E-state index >= 15 is 0 Å². The summed E-state index contributed by atoms with van der Waals surface area (Å²) >= 11 is 0. The van der Waals surface area contributed by atoms with E-state index in [9.17, 15) is 49.1 Å². The van der Waals surface area contributed by atoms with E-state index in [0.29, 0.717) is 63.3 Å². The number of phosphoric ester groups is 1. The number of carbonyl (C=O) groups excluding carboxylic acids is 5. The summed E-state index contributed by atoms with van der Waals surface area (Å²) in [6.45, 7) is 5.80. The van der Waals surface area contributed by atoms with Gasteiger partial charge in [-0.1, -0.05) is 109 Å². The van der Waals surface area contributed by atoms with Crippen molar-refractivity contribution in [1.82, 2.24) is 31.1 Å². The van der Waals surface area contributed by atoms with Crippen LogP contribution in [0.4, 0.5) is 0 Å². The van der Waals surface area contributed by atoms with Crippen LogP contribution in [0, 0.1) is 0 Å². The topological polar surface area (TPSA) is 248 Å². The van der Waals surface area contributed by atoms with E-state index in [0.717, 1.165) is 39.0 Å². The van der Waals surface area contributed by atoms with Crippen LogP contribution in [-0.2, 0) is 39.2 Å². The van der Waals surface area contributed by atoms with E-state index in [2.05, 4.69) is 22.5 Å². The molecular weight excluding hydrogens is 898 g/mol. The summed E-state index contributed by atoms with van der Waals surface area (Å²) in [6, 6.07) is 7.78. The Morgan fingerprint density at radius 2 is 1.09 bits per heavy atom. The number of likely N-dealkylation sites (N-methyl/N-ethyl adjacent to an activating group) is 1. The van der Waals surface area contributed by atoms with E-state index in [4.69, 9.17) is 9.05 Å². The summed E-state index contributed by atoms with van der Waals surface area (Å²) in [7, 11) is 2.06. The van der Waals surface area contributed by atoms with Gasteiger partial charge in [-0.05, 0) is 62.6 Å². The zero-order valence-electron chi connectivity index (χ0n) is 41.7. The predicted octanol–water partition coefficient (Wildman–Crippen LogP) is 7.58. The number of hydrogen-bond donors (Lipinski definition) is 7. The molecule has 1 aromatic rings. The third-order valence-electron chi connectivity index (χ3n) is 11.2. The highest BCUT2D eigenvalue weighted by atomic mass is 31.2. The van der Waals surface area contributed by atoms with Gasteiger partial charge in [0.1, 0.15) is 26.5 Å². The largest absolute Gasteiger partial charge is 0.472 e. The Balaban J connectivity index is 1.99. The van der Waals surface area contributed by atoms with Crippen molar-refractivity contribution < 1.29 is 62.6 Å². The molecule has 0 saturated carbocycles. The number of hydroxylamine groups is 6. The molecule has 0 saturated heterocycles. The lowest BCUT2D eigenvalue weighted by Gasteiger charge is -2.24.